The summed E-state index contributed by atoms with van der Waals surface area (Å²) in [7, 11) is 0. The van der Waals surface area contributed by atoms with Crippen LogP contribution in [0.25, 0.3) is 11.1 Å². The summed E-state index contributed by atoms with van der Waals surface area (Å²) in [4.78, 5) is 12.1. The maximum Gasteiger partial charge on any atom is 0.271 e. The van der Waals surface area contributed by atoms with Crippen molar-refractivity contribution < 1.29 is 4.79 Å². The third-order valence-electron chi connectivity index (χ3n) is 3.83. The zero-order valence-corrected chi connectivity index (χ0v) is 15.3. The minimum absolute atomic E-state index is 0.238. The molecule has 25 heavy (non-hydrogen) atoms. The molecule has 1 amide bonds. The molecule has 0 aliphatic heterocycles. The van der Waals surface area contributed by atoms with E-state index in [0.717, 1.165) is 21.2 Å². The van der Waals surface area contributed by atoms with Gasteiger partial charge in [-0.2, -0.15) is 5.10 Å². The van der Waals surface area contributed by atoms with Gasteiger partial charge in [-0.05, 0) is 41.3 Å². The molecular formula is C21H17BrN2O. The molecule has 0 fully saturated rings. The summed E-state index contributed by atoms with van der Waals surface area (Å²) in [6.07, 6.45) is 1.63. The zero-order valence-electron chi connectivity index (χ0n) is 13.7. The van der Waals surface area contributed by atoms with Gasteiger partial charge in [0.2, 0.25) is 0 Å². The Morgan fingerprint density at radius 2 is 1.64 bits per heavy atom. The van der Waals surface area contributed by atoms with Gasteiger partial charge in [-0.3, -0.25) is 4.79 Å². The van der Waals surface area contributed by atoms with Gasteiger partial charge in [0.25, 0.3) is 5.91 Å². The van der Waals surface area contributed by atoms with Crippen molar-refractivity contribution in [2.45, 2.75) is 6.92 Å². The van der Waals surface area contributed by atoms with Gasteiger partial charge in [0.15, 0.2) is 0 Å². The van der Waals surface area contributed by atoms with E-state index in [4.69, 9.17) is 0 Å². The van der Waals surface area contributed by atoms with Crippen molar-refractivity contribution in [1.29, 1.82) is 0 Å². The van der Waals surface area contributed by atoms with Crippen LogP contribution in [0.4, 0.5) is 0 Å². The quantitative estimate of drug-likeness (QED) is 0.481. The van der Waals surface area contributed by atoms with Crippen LogP contribution < -0.4 is 5.43 Å². The number of hydrazone groups is 1. The smallest absolute Gasteiger partial charge is 0.267 e. The van der Waals surface area contributed by atoms with E-state index < -0.39 is 0 Å². The Kier molecular flexibility index (Phi) is 5.41. The number of benzene rings is 3. The number of aryl methyl sites for hydroxylation is 1. The number of rotatable bonds is 4. The number of carbonyl (C=O) groups excluding carboxylic acids is 1. The summed E-state index contributed by atoms with van der Waals surface area (Å²) in [5.74, 6) is -0.238. The van der Waals surface area contributed by atoms with Crippen molar-refractivity contribution in [3.05, 3.63) is 94.0 Å². The predicted molar refractivity (Wildman–Crippen MR) is 106 cm³/mol. The van der Waals surface area contributed by atoms with Gasteiger partial charge in [-0.15, -0.1) is 0 Å². The van der Waals surface area contributed by atoms with Crippen LogP contribution in [0.5, 0.6) is 0 Å². The lowest BCUT2D eigenvalue weighted by molar-refractivity contribution is 0.0955. The van der Waals surface area contributed by atoms with Crippen molar-refractivity contribution in [3.63, 3.8) is 0 Å². The van der Waals surface area contributed by atoms with Gasteiger partial charge < -0.3 is 0 Å². The fourth-order valence-electron chi connectivity index (χ4n) is 2.36. The maximum absolute atomic E-state index is 12.1. The Balaban J connectivity index is 1.64. The topological polar surface area (TPSA) is 41.5 Å². The highest BCUT2D eigenvalue weighted by Gasteiger charge is 2.05. The third kappa shape index (κ3) is 4.43. The molecule has 0 aliphatic rings. The summed E-state index contributed by atoms with van der Waals surface area (Å²) in [5, 5.41) is 4.03. The summed E-state index contributed by atoms with van der Waals surface area (Å²) >= 11 is 3.43. The summed E-state index contributed by atoms with van der Waals surface area (Å²) < 4.78 is 0.903. The minimum atomic E-state index is -0.238. The lowest BCUT2D eigenvalue weighted by atomic mass is 10.0. The van der Waals surface area contributed by atoms with Crippen LogP contribution in [0.2, 0.25) is 0 Å². The SMILES string of the molecule is Cc1ccc(C(=O)NN=Cc2ccc(-c3ccccc3)cc2)cc1Br. The lowest BCUT2D eigenvalue weighted by Gasteiger charge is -2.03. The number of nitrogens with one attached hydrogen (secondary N) is 1. The molecule has 0 bridgehead atoms. The second kappa shape index (κ2) is 7.90. The van der Waals surface area contributed by atoms with Crippen molar-refractivity contribution in [2.24, 2.45) is 5.10 Å². The van der Waals surface area contributed by atoms with Crippen molar-refractivity contribution >= 4 is 28.1 Å². The lowest BCUT2D eigenvalue weighted by Crippen LogP contribution is -2.17. The second-order valence-corrected chi connectivity index (χ2v) is 6.51. The molecule has 0 unspecified atom stereocenters. The number of hydrogen-bond donors (Lipinski definition) is 1. The summed E-state index contributed by atoms with van der Waals surface area (Å²) in [6.45, 7) is 1.98. The van der Waals surface area contributed by atoms with Gasteiger partial charge in [0.05, 0.1) is 6.21 Å². The molecule has 0 saturated carbocycles. The van der Waals surface area contributed by atoms with Gasteiger partial charge in [-0.1, -0.05) is 76.6 Å². The molecule has 4 heteroatoms. The monoisotopic (exact) mass is 392 g/mol. The summed E-state index contributed by atoms with van der Waals surface area (Å²) in [5.41, 5.74) is 7.43. The maximum atomic E-state index is 12.1. The average Bonchev–Trinajstić information content (AvgIpc) is 2.65. The van der Waals surface area contributed by atoms with E-state index in [1.807, 2.05) is 55.5 Å². The molecule has 3 aromatic carbocycles. The van der Waals surface area contributed by atoms with Crippen LogP contribution >= 0.6 is 15.9 Å². The number of hydrogen-bond acceptors (Lipinski definition) is 2. The molecule has 124 valence electrons. The Morgan fingerprint density at radius 1 is 0.960 bits per heavy atom. The molecule has 1 N–H and O–H groups in total. The fraction of sp³-hybridized carbons (Fsp3) is 0.0476. The third-order valence-corrected chi connectivity index (χ3v) is 4.69. The number of amides is 1. The van der Waals surface area contributed by atoms with Crippen LogP contribution in [0, 0.1) is 6.92 Å². The van der Waals surface area contributed by atoms with E-state index in [-0.39, 0.29) is 5.91 Å². The Morgan fingerprint density at radius 3 is 2.32 bits per heavy atom. The Labute approximate surface area is 155 Å². The van der Waals surface area contributed by atoms with Crippen molar-refractivity contribution in [3.8, 4) is 11.1 Å². The van der Waals surface area contributed by atoms with Gasteiger partial charge in [0.1, 0.15) is 0 Å². The van der Waals surface area contributed by atoms with Gasteiger partial charge >= 0.3 is 0 Å². The molecule has 0 atom stereocenters. The van der Waals surface area contributed by atoms with Crippen molar-refractivity contribution in [1.82, 2.24) is 5.43 Å². The normalized spacial score (nSPS) is 10.8. The first kappa shape index (κ1) is 17.1. The van der Waals surface area contributed by atoms with Crippen LogP contribution in [0.15, 0.2) is 82.4 Å². The van der Waals surface area contributed by atoms with Crippen molar-refractivity contribution in [2.75, 3.05) is 0 Å². The van der Waals surface area contributed by atoms with E-state index >= 15 is 0 Å². The Hall–Kier alpha value is -2.72. The molecular weight excluding hydrogens is 376 g/mol. The molecule has 0 spiro atoms. The molecule has 3 nitrogen and oxygen atoms in total. The number of nitrogens with zero attached hydrogens (tertiary/aromatic N) is 1. The highest BCUT2D eigenvalue weighted by molar-refractivity contribution is 9.10. The molecule has 0 radical (unpaired) electrons. The van der Waals surface area contributed by atoms with E-state index in [1.54, 1.807) is 18.3 Å². The first-order valence-corrected chi connectivity index (χ1v) is 8.68. The van der Waals surface area contributed by atoms with Crippen LogP contribution in [0.3, 0.4) is 0 Å². The van der Waals surface area contributed by atoms with E-state index in [9.17, 15) is 4.79 Å². The zero-order chi connectivity index (χ0) is 17.6. The number of carbonyl (C=O) groups is 1. The molecule has 0 aliphatic carbocycles. The minimum Gasteiger partial charge on any atom is -0.267 e. The fourth-order valence-corrected chi connectivity index (χ4v) is 2.74. The van der Waals surface area contributed by atoms with Crippen LogP contribution in [-0.4, -0.2) is 12.1 Å². The highest BCUT2D eigenvalue weighted by Crippen LogP contribution is 2.19. The van der Waals surface area contributed by atoms with E-state index in [2.05, 4.69) is 38.6 Å². The second-order valence-electron chi connectivity index (χ2n) is 5.65. The van der Waals surface area contributed by atoms with E-state index in [1.165, 1.54) is 5.56 Å². The molecule has 0 heterocycles. The van der Waals surface area contributed by atoms with Gasteiger partial charge in [-0.25, -0.2) is 5.43 Å². The highest BCUT2D eigenvalue weighted by atomic mass is 79.9. The Bertz CT molecular complexity index is 903. The first-order chi connectivity index (χ1) is 12.1. The molecule has 0 saturated heterocycles. The standard InChI is InChI=1S/C21H17BrN2O/c1-15-7-10-19(13-20(15)22)21(25)24-23-14-16-8-11-18(12-9-16)17-5-3-2-4-6-17/h2-14H,1H3,(H,24,25). The van der Waals surface area contributed by atoms with Gasteiger partial charge in [0, 0.05) is 10.0 Å². The molecule has 3 aromatic rings. The first-order valence-electron chi connectivity index (χ1n) is 7.88. The van der Waals surface area contributed by atoms with Crippen LogP contribution in [0.1, 0.15) is 21.5 Å². The average molecular weight is 393 g/mol. The predicted octanol–water partition coefficient (Wildman–Crippen LogP) is 5.19. The summed E-state index contributed by atoms with van der Waals surface area (Å²) in [6, 6.07) is 23.7. The van der Waals surface area contributed by atoms with Crippen LogP contribution in [-0.2, 0) is 0 Å². The largest absolute Gasteiger partial charge is 0.271 e. The number of halogens is 1. The molecule has 3 rings (SSSR count). The van der Waals surface area contributed by atoms with E-state index in [0.29, 0.717) is 5.56 Å². The molecule has 0 aromatic heterocycles.